The molecule has 0 unspecified atom stereocenters. The second-order valence-corrected chi connectivity index (χ2v) is 7.62. The number of benzene rings is 4. The first-order valence-electron chi connectivity index (χ1n) is 10.6. The van der Waals surface area contributed by atoms with Gasteiger partial charge in [-0.3, -0.25) is 0 Å². The molecule has 0 amide bonds. The summed E-state index contributed by atoms with van der Waals surface area (Å²) in [5, 5.41) is 0. The first kappa shape index (κ1) is 24.1. The van der Waals surface area contributed by atoms with E-state index in [1.807, 2.05) is 0 Å². The highest BCUT2D eigenvalue weighted by atomic mass is 19.2. The molecule has 0 radical (unpaired) electrons. The second kappa shape index (κ2) is 10.1. The van der Waals surface area contributed by atoms with Crippen molar-refractivity contribution in [1.29, 1.82) is 0 Å². The SMILES string of the molecule is CCOC(F)=C(F)c1ccc(-c2ccc(-c3ccc(-c4cc(F)c(F)c(F)c4)cc3)cc2)c(F)c1. The van der Waals surface area contributed by atoms with Gasteiger partial charge in [-0.2, -0.15) is 8.78 Å². The third-order valence-electron chi connectivity index (χ3n) is 5.40. The summed E-state index contributed by atoms with van der Waals surface area (Å²) in [5.74, 6) is -6.05. The number of hydrogen-bond donors (Lipinski definition) is 0. The zero-order valence-corrected chi connectivity index (χ0v) is 18.4. The molecule has 0 aliphatic rings. The monoisotopic (exact) mass is 484 g/mol. The zero-order chi connectivity index (χ0) is 25.1. The van der Waals surface area contributed by atoms with Crippen LogP contribution >= 0.6 is 0 Å². The van der Waals surface area contributed by atoms with Gasteiger partial charge in [-0.1, -0.05) is 60.7 Å². The Labute approximate surface area is 197 Å². The molecule has 7 heteroatoms. The van der Waals surface area contributed by atoms with Gasteiger partial charge < -0.3 is 4.74 Å². The molecule has 178 valence electrons. The highest BCUT2D eigenvalue weighted by molar-refractivity contribution is 5.74. The van der Waals surface area contributed by atoms with Gasteiger partial charge in [0.15, 0.2) is 17.5 Å². The largest absolute Gasteiger partial charge is 0.469 e. The maximum atomic E-state index is 14.6. The minimum atomic E-state index is -1.52. The molecule has 4 aromatic carbocycles. The summed E-state index contributed by atoms with van der Waals surface area (Å²) in [6, 6.07) is 17.6. The molecular formula is C28H18F6O. The summed E-state index contributed by atoms with van der Waals surface area (Å²) in [4.78, 5) is 0. The van der Waals surface area contributed by atoms with Crippen LogP contribution in [0.3, 0.4) is 0 Å². The molecule has 0 spiro atoms. The molecule has 0 bridgehead atoms. The molecule has 0 N–H and O–H groups in total. The van der Waals surface area contributed by atoms with Crippen molar-refractivity contribution in [3.8, 4) is 33.4 Å². The van der Waals surface area contributed by atoms with Crippen LogP contribution in [-0.4, -0.2) is 6.61 Å². The molecule has 4 aromatic rings. The van der Waals surface area contributed by atoms with Gasteiger partial charge in [-0.15, -0.1) is 0 Å². The maximum Gasteiger partial charge on any atom is 0.309 e. The fraction of sp³-hybridized carbons (Fsp3) is 0.0714. The molecule has 0 fully saturated rings. The van der Waals surface area contributed by atoms with E-state index in [4.69, 9.17) is 0 Å². The first-order chi connectivity index (χ1) is 16.8. The Kier molecular flexibility index (Phi) is 6.96. The number of ether oxygens (including phenoxy) is 1. The third-order valence-corrected chi connectivity index (χ3v) is 5.40. The fourth-order valence-corrected chi connectivity index (χ4v) is 3.61. The van der Waals surface area contributed by atoms with Crippen LogP contribution in [0.2, 0.25) is 0 Å². The summed E-state index contributed by atoms with van der Waals surface area (Å²) < 4.78 is 86.9. The van der Waals surface area contributed by atoms with E-state index in [0.717, 1.165) is 29.3 Å². The smallest absolute Gasteiger partial charge is 0.309 e. The number of hydrogen-bond acceptors (Lipinski definition) is 1. The normalized spacial score (nSPS) is 11.9. The molecule has 0 saturated heterocycles. The van der Waals surface area contributed by atoms with Crippen molar-refractivity contribution in [2.45, 2.75) is 6.92 Å². The lowest BCUT2D eigenvalue weighted by molar-refractivity contribution is 0.156. The topological polar surface area (TPSA) is 9.23 Å². The molecule has 0 aliphatic heterocycles. The van der Waals surface area contributed by atoms with E-state index in [0.29, 0.717) is 11.1 Å². The lowest BCUT2D eigenvalue weighted by Crippen LogP contribution is -1.92. The molecule has 0 saturated carbocycles. The van der Waals surface area contributed by atoms with Gasteiger partial charge in [0.1, 0.15) is 5.82 Å². The van der Waals surface area contributed by atoms with E-state index < -0.39 is 35.1 Å². The standard InChI is InChI=1S/C28H18F6O/c1-2-35-28(34)26(32)20-11-12-22(23(29)13-20)19-9-7-17(8-10-19)16-3-5-18(6-4-16)21-14-24(30)27(33)25(31)15-21/h3-15H,2H2,1H3. The molecule has 35 heavy (non-hydrogen) atoms. The minimum Gasteiger partial charge on any atom is -0.469 e. The molecular weight excluding hydrogens is 466 g/mol. The van der Waals surface area contributed by atoms with E-state index in [1.165, 1.54) is 19.1 Å². The van der Waals surface area contributed by atoms with Gasteiger partial charge in [-0.25, -0.2) is 17.6 Å². The van der Waals surface area contributed by atoms with Crippen LogP contribution in [0.5, 0.6) is 0 Å². The van der Waals surface area contributed by atoms with Crippen LogP contribution in [0.25, 0.3) is 39.2 Å². The van der Waals surface area contributed by atoms with Gasteiger partial charge in [-0.05, 0) is 52.9 Å². The van der Waals surface area contributed by atoms with Crippen LogP contribution in [-0.2, 0) is 4.74 Å². The van der Waals surface area contributed by atoms with Gasteiger partial charge >= 0.3 is 6.01 Å². The third kappa shape index (κ3) is 5.09. The zero-order valence-electron chi connectivity index (χ0n) is 18.4. The predicted octanol–water partition coefficient (Wildman–Crippen LogP) is 8.85. The predicted molar refractivity (Wildman–Crippen MR) is 123 cm³/mol. The second-order valence-electron chi connectivity index (χ2n) is 7.62. The van der Waals surface area contributed by atoms with Crippen molar-refractivity contribution >= 4 is 5.83 Å². The summed E-state index contributed by atoms with van der Waals surface area (Å²) in [7, 11) is 0. The Bertz CT molecular complexity index is 1370. The Morgan fingerprint density at radius 2 is 1.09 bits per heavy atom. The van der Waals surface area contributed by atoms with Crippen LogP contribution < -0.4 is 0 Å². The van der Waals surface area contributed by atoms with E-state index in [-0.39, 0.29) is 23.3 Å². The van der Waals surface area contributed by atoms with Crippen LogP contribution in [0.15, 0.2) is 84.9 Å². The minimum absolute atomic E-state index is 0.0573. The van der Waals surface area contributed by atoms with E-state index in [9.17, 15) is 26.3 Å². The summed E-state index contributed by atoms with van der Waals surface area (Å²) in [6.45, 7) is 1.45. The number of halogens is 6. The van der Waals surface area contributed by atoms with E-state index in [2.05, 4.69) is 4.74 Å². The maximum absolute atomic E-state index is 14.6. The van der Waals surface area contributed by atoms with Crippen molar-refractivity contribution in [2.75, 3.05) is 6.61 Å². The van der Waals surface area contributed by atoms with Crippen molar-refractivity contribution in [1.82, 2.24) is 0 Å². The average Bonchev–Trinajstić information content (AvgIpc) is 2.87. The van der Waals surface area contributed by atoms with Crippen LogP contribution in [0, 0.1) is 23.3 Å². The van der Waals surface area contributed by atoms with Crippen molar-refractivity contribution in [2.24, 2.45) is 0 Å². The van der Waals surface area contributed by atoms with E-state index >= 15 is 0 Å². The molecule has 0 aromatic heterocycles. The Balaban J connectivity index is 1.56. The van der Waals surface area contributed by atoms with Gasteiger partial charge in [0.2, 0.25) is 5.83 Å². The molecule has 4 rings (SSSR count). The van der Waals surface area contributed by atoms with Gasteiger partial charge in [0.25, 0.3) is 0 Å². The van der Waals surface area contributed by atoms with Crippen molar-refractivity contribution < 1.29 is 31.1 Å². The highest BCUT2D eigenvalue weighted by Crippen LogP contribution is 2.31. The van der Waals surface area contributed by atoms with Gasteiger partial charge in [0, 0.05) is 11.1 Å². The lowest BCUT2D eigenvalue weighted by Gasteiger charge is -2.09. The van der Waals surface area contributed by atoms with Crippen molar-refractivity contribution in [3.05, 3.63) is 114 Å². The average molecular weight is 484 g/mol. The van der Waals surface area contributed by atoms with E-state index in [1.54, 1.807) is 48.5 Å². The van der Waals surface area contributed by atoms with Crippen LogP contribution in [0.4, 0.5) is 26.3 Å². The highest BCUT2D eigenvalue weighted by Gasteiger charge is 2.14. The van der Waals surface area contributed by atoms with Crippen LogP contribution in [0.1, 0.15) is 12.5 Å². The summed E-state index contributed by atoms with van der Waals surface area (Å²) in [6.07, 6.45) is 0. The Morgan fingerprint density at radius 3 is 1.57 bits per heavy atom. The van der Waals surface area contributed by atoms with Crippen molar-refractivity contribution in [3.63, 3.8) is 0 Å². The summed E-state index contributed by atoms with van der Waals surface area (Å²) in [5.41, 5.74) is 2.76. The number of rotatable bonds is 6. The lowest BCUT2D eigenvalue weighted by atomic mass is 9.97. The Hall–Kier alpha value is -4.00. The molecule has 0 heterocycles. The summed E-state index contributed by atoms with van der Waals surface area (Å²) >= 11 is 0. The molecule has 1 nitrogen and oxygen atoms in total. The fourth-order valence-electron chi connectivity index (χ4n) is 3.61. The van der Waals surface area contributed by atoms with Gasteiger partial charge in [0.05, 0.1) is 6.61 Å². The quantitative estimate of drug-likeness (QED) is 0.151. The molecule has 0 aliphatic carbocycles. The Morgan fingerprint density at radius 1 is 0.600 bits per heavy atom. The molecule has 0 atom stereocenters. The first-order valence-corrected chi connectivity index (χ1v) is 10.6.